The molecule has 4 aliphatic carbocycles. The zero-order chi connectivity index (χ0) is 25.4. The molecule has 3 aromatic rings. The molecule has 7 rings (SSSR count). The number of nitrogens with one attached hydrogen (secondary N) is 4. The monoisotopic (exact) mass is 498 g/mol. The highest BCUT2D eigenvalue weighted by atomic mass is 16.2. The van der Waals surface area contributed by atoms with Crippen molar-refractivity contribution in [3.05, 3.63) is 71.9 Å². The van der Waals surface area contributed by atoms with Gasteiger partial charge in [0.1, 0.15) is 5.54 Å². The van der Waals surface area contributed by atoms with E-state index in [-0.39, 0.29) is 18.0 Å². The third kappa shape index (κ3) is 4.98. The summed E-state index contributed by atoms with van der Waals surface area (Å²) in [6.45, 7) is 2.37. The predicted molar refractivity (Wildman–Crippen MR) is 146 cm³/mol. The second-order valence-corrected chi connectivity index (χ2v) is 11.9. The van der Waals surface area contributed by atoms with Crippen molar-refractivity contribution >= 4 is 22.8 Å². The summed E-state index contributed by atoms with van der Waals surface area (Å²) in [6.07, 6.45) is 9.46. The lowest BCUT2D eigenvalue weighted by atomic mass is 9.54. The minimum Gasteiger partial charge on any atom is -0.361 e. The van der Waals surface area contributed by atoms with Crippen molar-refractivity contribution in [2.75, 3.05) is 6.54 Å². The third-order valence-corrected chi connectivity index (χ3v) is 9.18. The molecule has 6 heteroatoms. The third-order valence-electron chi connectivity index (χ3n) is 9.18. The summed E-state index contributed by atoms with van der Waals surface area (Å²) < 4.78 is 0. The van der Waals surface area contributed by atoms with Gasteiger partial charge in [-0.2, -0.15) is 0 Å². The number of hydrogen-bond donors (Lipinski definition) is 4. The van der Waals surface area contributed by atoms with E-state index in [0.717, 1.165) is 34.7 Å². The summed E-state index contributed by atoms with van der Waals surface area (Å²) in [6, 6.07) is 18.2. The van der Waals surface area contributed by atoms with E-state index < -0.39 is 5.54 Å². The smallest absolute Gasteiger partial charge is 0.315 e. The quantitative estimate of drug-likeness (QED) is 0.354. The first-order valence-corrected chi connectivity index (χ1v) is 13.9. The van der Waals surface area contributed by atoms with E-state index in [9.17, 15) is 9.59 Å². The molecule has 194 valence electrons. The first kappa shape index (κ1) is 24.1. The summed E-state index contributed by atoms with van der Waals surface area (Å²) in [5.41, 5.74) is 2.14. The molecule has 37 heavy (non-hydrogen) atoms. The maximum atomic E-state index is 13.6. The van der Waals surface area contributed by atoms with E-state index in [1.54, 1.807) is 0 Å². The summed E-state index contributed by atoms with van der Waals surface area (Å²) >= 11 is 0. The molecular weight excluding hydrogens is 460 g/mol. The molecule has 0 radical (unpaired) electrons. The number of H-pyrrole nitrogens is 1. The molecule has 4 fully saturated rings. The average molecular weight is 499 g/mol. The molecule has 1 unspecified atom stereocenters. The normalized spacial score (nSPS) is 27.5. The zero-order valence-corrected chi connectivity index (χ0v) is 21.6. The first-order valence-electron chi connectivity index (χ1n) is 13.9. The fourth-order valence-corrected chi connectivity index (χ4v) is 7.60. The Morgan fingerprint density at radius 2 is 1.59 bits per heavy atom. The average Bonchev–Trinajstić information content (AvgIpc) is 3.29. The summed E-state index contributed by atoms with van der Waals surface area (Å²) in [4.78, 5) is 30.4. The molecular formula is C31H38N4O2. The van der Waals surface area contributed by atoms with Gasteiger partial charge in [-0.05, 0) is 86.3 Å². The molecule has 3 amide bonds. The van der Waals surface area contributed by atoms with Crippen molar-refractivity contribution in [2.24, 2.45) is 23.7 Å². The van der Waals surface area contributed by atoms with E-state index >= 15 is 0 Å². The van der Waals surface area contributed by atoms with Gasteiger partial charge in [-0.25, -0.2) is 4.79 Å². The Bertz CT molecular complexity index is 1240. The van der Waals surface area contributed by atoms with E-state index in [2.05, 4.69) is 39.1 Å². The SMILES string of the molecule is CC(Cc1c[nH]c2ccccc12)(NC(=O)NC1C2CC3CC(C2)CC1C3)C(=O)NCCc1ccccc1. The lowest BCUT2D eigenvalue weighted by Crippen LogP contribution is -2.63. The van der Waals surface area contributed by atoms with Crippen molar-refractivity contribution in [1.29, 1.82) is 0 Å². The standard InChI is InChI=1S/C31H38N4O2/c1-31(18-25-19-33-27-10-6-5-9-26(25)27,29(36)32-12-11-20-7-3-2-4-8-20)35-30(37)34-28-23-14-21-13-22(16-23)17-24(28)15-21/h2-10,19,21-24,28,33H,11-18H2,1H3,(H,32,36)(H2,34,35,37). The first-order chi connectivity index (χ1) is 18.0. The van der Waals surface area contributed by atoms with E-state index in [1.165, 1.54) is 37.7 Å². The van der Waals surface area contributed by atoms with Crippen LogP contribution in [0.15, 0.2) is 60.8 Å². The minimum atomic E-state index is -1.09. The number of aromatic nitrogens is 1. The summed E-state index contributed by atoms with van der Waals surface area (Å²) in [5.74, 6) is 2.72. The van der Waals surface area contributed by atoms with Crippen LogP contribution in [-0.4, -0.2) is 35.0 Å². The number of amides is 3. The molecule has 1 atom stereocenters. The number of rotatable bonds is 8. The fraction of sp³-hybridized carbons (Fsp3) is 0.484. The van der Waals surface area contributed by atoms with Crippen LogP contribution < -0.4 is 16.0 Å². The van der Waals surface area contributed by atoms with Gasteiger partial charge >= 0.3 is 6.03 Å². The van der Waals surface area contributed by atoms with Crippen LogP contribution in [0.1, 0.15) is 50.2 Å². The van der Waals surface area contributed by atoms with Gasteiger partial charge < -0.3 is 20.9 Å². The molecule has 1 heterocycles. The zero-order valence-electron chi connectivity index (χ0n) is 21.6. The van der Waals surface area contributed by atoms with Crippen molar-refractivity contribution in [3.8, 4) is 0 Å². The van der Waals surface area contributed by atoms with E-state index in [1.807, 2.05) is 49.5 Å². The minimum absolute atomic E-state index is 0.158. The second-order valence-electron chi connectivity index (χ2n) is 11.9. The number of carbonyl (C=O) groups is 2. The van der Waals surface area contributed by atoms with Gasteiger partial charge in [0.05, 0.1) is 0 Å². The molecule has 0 aliphatic heterocycles. The van der Waals surface area contributed by atoms with Crippen LogP contribution in [0.25, 0.3) is 10.9 Å². The van der Waals surface area contributed by atoms with Gasteiger partial charge in [0.2, 0.25) is 5.91 Å². The Kier molecular flexibility index (Phi) is 6.43. The van der Waals surface area contributed by atoms with Crippen LogP contribution in [0, 0.1) is 23.7 Å². The molecule has 4 saturated carbocycles. The predicted octanol–water partition coefficient (Wildman–Crippen LogP) is 4.95. The maximum absolute atomic E-state index is 13.6. The number of urea groups is 1. The molecule has 6 nitrogen and oxygen atoms in total. The largest absolute Gasteiger partial charge is 0.361 e. The lowest BCUT2D eigenvalue weighted by molar-refractivity contribution is -0.126. The maximum Gasteiger partial charge on any atom is 0.315 e. The molecule has 0 spiro atoms. The highest BCUT2D eigenvalue weighted by Crippen LogP contribution is 2.53. The fourth-order valence-electron chi connectivity index (χ4n) is 7.60. The van der Waals surface area contributed by atoms with Crippen LogP contribution in [0.3, 0.4) is 0 Å². The Balaban J connectivity index is 1.17. The van der Waals surface area contributed by atoms with Crippen molar-refractivity contribution in [2.45, 2.75) is 63.5 Å². The van der Waals surface area contributed by atoms with Crippen LogP contribution in [-0.2, 0) is 17.6 Å². The van der Waals surface area contributed by atoms with E-state index in [0.29, 0.717) is 24.8 Å². The molecule has 4 N–H and O–H groups in total. The van der Waals surface area contributed by atoms with Crippen molar-refractivity contribution < 1.29 is 9.59 Å². The van der Waals surface area contributed by atoms with Crippen LogP contribution >= 0.6 is 0 Å². The molecule has 4 bridgehead atoms. The Labute approximate surface area is 219 Å². The molecule has 4 aliphatic rings. The Morgan fingerprint density at radius 3 is 2.32 bits per heavy atom. The van der Waals surface area contributed by atoms with Gasteiger partial charge in [-0.15, -0.1) is 0 Å². The topological polar surface area (TPSA) is 86.0 Å². The van der Waals surface area contributed by atoms with Gasteiger partial charge in [-0.1, -0.05) is 48.5 Å². The molecule has 2 aromatic carbocycles. The number of fused-ring (bicyclic) bond motifs is 1. The van der Waals surface area contributed by atoms with Crippen molar-refractivity contribution in [1.82, 2.24) is 20.9 Å². The van der Waals surface area contributed by atoms with E-state index in [4.69, 9.17) is 0 Å². The summed E-state index contributed by atoms with van der Waals surface area (Å²) in [7, 11) is 0. The summed E-state index contributed by atoms with van der Waals surface area (Å²) in [5, 5.41) is 10.6. The number of benzene rings is 2. The number of hydrogen-bond acceptors (Lipinski definition) is 2. The Hall–Kier alpha value is -3.28. The van der Waals surface area contributed by atoms with Gasteiger partial charge in [0.25, 0.3) is 0 Å². The number of aromatic amines is 1. The Morgan fingerprint density at radius 1 is 0.919 bits per heavy atom. The second kappa shape index (κ2) is 9.88. The highest BCUT2D eigenvalue weighted by molar-refractivity contribution is 5.92. The lowest BCUT2D eigenvalue weighted by Gasteiger charge is -2.54. The van der Waals surface area contributed by atoms with Gasteiger partial charge in [0.15, 0.2) is 0 Å². The van der Waals surface area contributed by atoms with Crippen LogP contribution in [0.4, 0.5) is 4.79 Å². The molecule has 1 aromatic heterocycles. The number of carbonyl (C=O) groups excluding carboxylic acids is 2. The van der Waals surface area contributed by atoms with Crippen LogP contribution in [0.5, 0.6) is 0 Å². The van der Waals surface area contributed by atoms with Crippen molar-refractivity contribution in [3.63, 3.8) is 0 Å². The van der Waals surface area contributed by atoms with Gasteiger partial charge in [-0.3, -0.25) is 4.79 Å². The van der Waals surface area contributed by atoms with Crippen LogP contribution in [0.2, 0.25) is 0 Å². The van der Waals surface area contributed by atoms with Gasteiger partial charge in [0, 0.05) is 36.1 Å². The highest BCUT2D eigenvalue weighted by Gasteiger charge is 2.49. The molecule has 0 saturated heterocycles. The number of para-hydroxylation sites is 1.